The number of carbonyl (C=O) groups excluding carboxylic acids is 1. The van der Waals surface area contributed by atoms with E-state index in [2.05, 4.69) is 9.97 Å². The van der Waals surface area contributed by atoms with Crippen LogP contribution in [0.2, 0.25) is 0 Å². The summed E-state index contributed by atoms with van der Waals surface area (Å²) in [6.07, 6.45) is 3.85. The van der Waals surface area contributed by atoms with Gasteiger partial charge in [0.25, 0.3) is 5.91 Å². The highest BCUT2D eigenvalue weighted by atomic mass is 19.3. The summed E-state index contributed by atoms with van der Waals surface area (Å²) in [6.45, 7) is -1.40. The predicted molar refractivity (Wildman–Crippen MR) is 136 cm³/mol. The van der Waals surface area contributed by atoms with Crippen molar-refractivity contribution in [1.29, 1.82) is 0 Å². The molecule has 2 atom stereocenters. The van der Waals surface area contributed by atoms with Crippen molar-refractivity contribution < 1.29 is 27.8 Å². The Hall–Kier alpha value is -4.03. The molecule has 3 aliphatic rings. The molecule has 2 bridgehead atoms. The molecule has 4 heterocycles. The average molecular weight is 551 g/mol. The number of ether oxygens (including phenoxy) is 1. The van der Waals surface area contributed by atoms with E-state index in [9.17, 15) is 18.7 Å². The maximum atomic E-state index is 15.2. The first-order valence-corrected chi connectivity index (χ1v) is 12.9. The second-order valence-corrected chi connectivity index (χ2v) is 11.3. The number of hydrogen-bond donors (Lipinski definition) is 2. The Balaban J connectivity index is 1.34. The number of fused-ring (bicyclic) bond motifs is 9. The van der Waals surface area contributed by atoms with Crippen molar-refractivity contribution in [3.8, 4) is 17.0 Å². The maximum absolute atomic E-state index is 15.2. The van der Waals surface area contributed by atoms with Gasteiger partial charge < -0.3 is 20.5 Å². The average Bonchev–Trinajstić information content (AvgIpc) is 3.40. The molecule has 7 rings (SSSR count). The topological polar surface area (TPSA) is 119 Å². The van der Waals surface area contributed by atoms with Gasteiger partial charge in [0.2, 0.25) is 0 Å². The Morgan fingerprint density at radius 3 is 2.67 bits per heavy atom. The number of pyridine rings is 1. The number of benzene rings is 1. The molecule has 1 aliphatic heterocycles. The molecule has 206 valence electrons. The van der Waals surface area contributed by atoms with Gasteiger partial charge in [-0.05, 0) is 50.5 Å². The van der Waals surface area contributed by atoms with E-state index in [1.165, 1.54) is 30.7 Å². The van der Waals surface area contributed by atoms with Gasteiger partial charge in [0.1, 0.15) is 17.9 Å². The molecule has 0 radical (unpaired) electrons. The minimum absolute atomic E-state index is 0.0473. The van der Waals surface area contributed by atoms with Gasteiger partial charge in [-0.15, -0.1) is 0 Å². The van der Waals surface area contributed by atoms with Crippen molar-refractivity contribution in [3.63, 3.8) is 0 Å². The predicted octanol–water partition coefficient (Wildman–Crippen LogP) is 3.89. The van der Waals surface area contributed by atoms with Gasteiger partial charge in [-0.2, -0.15) is 13.9 Å². The summed E-state index contributed by atoms with van der Waals surface area (Å²) in [5, 5.41) is 14.8. The number of aromatic nitrogens is 4. The molecule has 4 aromatic rings. The van der Waals surface area contributed by atoms with Crippen LogP contribution in [0.25, 0.3) is 16.8 Å². The smallest absolute Gasteiger partial charge is 0.387 e. The molecule has 3 aromatic heterocycles. The molecule has 9 nitrogen and oxygen atoms in total. The number of alkyl halides is 2. The molecule has 0 unspecified atom stereocenters. The molecular formula is C28H25F3N6O3. The van der Waals surface area contributed by atoms with Gasteiger partial charge in [-0.25, -0.2) is 13.9 Å². The molecule has 1 amide bonds. The number of aliphatic hydroxyl groups is 1. The van der Waals surface area contributed by atoms with Gasteiger partial charge in [0, 0.05) is 41.4 Å². The van der Waals surface area contributed by atoms with Crippen LogP contribution in [0.3, 0.4) is 0 Å². The SMILES string of the molecule is CN1C(=O)c2cccc(OC(F)F)c2[C@H]2C[C@@H]1c1nn3cnc(-c4cnc(C5(N)CC(C)(O)C5)c(F)c4)cc3c12. The molecule has 0 spiro atoms. The number of nitrogens with two attached hydrogens (primary N) is 1. The molecule has 40 heavy (non-hydrogen) atoms. The zero-order chi connectivity index (χ0) is 28.1. The molecule has 0 saturated heterocycles. The van der Waals surface area contributed by atoms with Crippen LogP contribution in [-0.4, -0.2) is 54.8 Å². The van der Waals surface area contributed by atoms with Crippen molar-refractivity contribution in [2.45, 2.75) is 55.9 Å². The Bertz CT molecular complexity index is 1710. The van der Waals surface area contributed by atoms with Crippen LogP contribution in [0.1, 0.15) is 71.0 Å². The molecule has 2 aliphatic carbocycles. The summed E-state index contributed by atoms with van der Waals surface area (Å²) >= 11 is 0. The lowest BCUT2D eigenvalue weighted by molar-refractivity contribution is -0.0764. The Morgan fingerprint density at radius 2 is 1.98 bits per heavy atom. The van der Waals surface area contributed by atoms with E-state index in [4.69, 9.17) is 15.6 Å². The van der Waals surface area contributed by atoms with Gasteiger partial charge >= 0.3 is 6.61 Å². The number of hydrogen-bond acceptors (Lipinski definition) is 7. The van der Waals surface area contributed by atoms with Crippen LogP contribution in [0, 0.1) is 5.82 Å². The number of halogens is 3. The highest BCUT2D eigenvalue weighted by Crippen LogP contribution is 2.53. The van der Waals surface area contributed by atoms with Gasteiger partial charge in [0.05, 0.1) is 39.8 Å². The summed E-state index contributed by atoms with van der Waals surface area (Å²) in [5.74, 6) is -1.37. The van der Waals surface area contributed by atoms with Gasteiger partial charge in [-0.3, -0.25) is 9.78 Å². The van der Waals surface area contributed by atoms with Crippen LogP contribution in [-0.2, 0) is 5.54 Å². The molecule has 1 fully saturated rings. The second-order valence-electron chi connectivity index (χ2n) is 11.3. The van der Waals surface area contributed by atoms with E-state index in [0.717, 1.165) is 5.56 Å². The first-order valence-electron chi connectivity index (χ1n) is 12.9. The largest absolute Gasteiger partial charge is 0.434 e. The zero-order valence-corrected chi connectivity index (χ0v) is 21.6. The van der Waals surface area contributed by atoms with Crippen molar-refractivity contribution in [3.05, 3.63) is 76.8 Å². The first-order chi connectivity index (χ1) is 19.0. The van der Waals surface area contributed by atoms with Crippen LogP contribution < -0.4 is 10.5 Å². The van der Waals surface area contributed by atoms with Crippen LogP contribution in [0.4, 0.5) is 13.2 Å². The molecular weight excluding hydrogens is 525 g/mol. The highest BCUT2D eigenvalue weighted by Gasteiger charge is 2.52. The zero-order valence-electron chi connectivity index (χ0n) is 21.6. The summed E-state index contributed by atoms with van der Waals surface area (Å²) in [5.41, 5.74) is 8.04. The summed E-state index contributed by atoms with van der Waals surface area (Å²) in [4.78, 5) is 23.6. The fraction of sp³-hybridized carbons (Fsp3) is 0.357. The molecule has 1 aromatic carbocycles. The number of nitrogens with zero attached hydrogens (tertiary/aromatic N) is 5. The van der Waals surface area contributed by atoms with Crippen molar-refractivity contribution >= 4 is 11.4 Å². The Labute approximate surface area is 226 Å². The summed E-state index contributed by atoms with van der Waals surface area (Å²) in [7, 11) is 1.67. The van der Waals surface area contributed by atoms with Gasteiger partial charge in [-0.1, -0.05) is 6.07 Å². The molecule has 1 saturated carbocycles. The van der Waals surface area contributed by atoms with E-state index in [1.54, 1.807) is 35.5 Å². The van der Waals surface area contributed by atoms with Crippen LogP contribution >= 0.6 is 0 Å². The van der Waals surface area contributed by atoms with E-state index < -0.39 is 29.5 Å². The minimum atomic E-state index is -3.05. The van der Waals surface area contributed by atoms with Crippen molar-refractivity contribution in [2.75, 3.05) is 7.05 Å². The van der Waals surface area contributed by atoms with Crippen LogP contribution in [0.5, 0.6) is 5.75 Å². The van der Waals surface area contributed by atoms with Crippen molar-refractivity contribution in [2.24, 2.45) is 5.73 Å². The minimum Gasteiger partial charge on any atom is -0.434 e. The summed E-state index contributed by atoms with van der Waals surface area (Å²) < 4.78 is 48.3. The van der Waals surface area contributed by atoms with E-state index in [0.29, 0.717) is 40.0 Å². The lowest BCUT2D eigenvalue weighted by Gasteiger charge is -2.48. The number of amides is 1. The quantitative estimate of drug-likeness (QED) is 0.396. The lowest BCUT2D eigenvalue weighted by atomic mass is 9.64. The number of carbonyl (C=O) groups is 1. The Morgan fingerprint density at radius 1 is 1.20 bits per heavy atom. The third-order valence-electron chi connectivity index (χ3n) is 8.37. The third-order valence-corrected chi connectivity index (χ3v) is 8.37. The lowest BCUT2D eigenvalue weighted by Crippen LogP contribution is -2.59. The summed E-state index contributed by atoms with van der Waals surface area (Å²) in [6, 6.07) is 7.29. The van der Waals surface area contributed by atoms with E-state index >= 15 is 4.39 Å². The van der Waals surface area contributed by atoms with E-state index in [-0.39, 0.29) is 36.2 Å². The standard InChI is InChI=1S/C28H25F3N6O3/c1-27(39)10-28(32,11-27)24-16(29)6-13(9-33-24)17-8-18-22-15-7-19(23(22)35-37(18)12-34-17)36(2)25(38)14-4-3-5-20(21(14)15)40-26(30)31/h3-6,8-9,12,15,19,26,39H,7,10-11,32H2,1-2H3/t15-,19-,27?,28?/m1/s1. The number of rotatable bonds is 4. The Kier molecular flexibility index (Phi) is 5.15. The fourth-order valence-corrected chi connectivity index (χ4v) is 6.85. The first kappa shape index (κ1) is 25.0. The van der Waals surface area contributed by atoms with Gasteiger partial charge in [0.15, 0.2) is 0 Å². The molecule has 12 heteroatoms. The molecule has 3 N–H and O–H groups in total. The second kappa shape index (κ2) is 8.24. The van der Waals surface area contributed by atoms with Crippen LogP contribution in [0.15, 0.2) is 42.9 Å². The van der Waals surface area contributed by atoms with Crippen molar-refractivity contribution in [1.82, 2.24) is 24.5 Å². The monoisotopic (exact) mass is 550 g/mol. The highest BCUT2D eigenvalue weighted by molar-refractivity contribution is 5.98. The van der Waals surface area contributed by atoms with E-state index in [1.807, 2.05) is 0 Å². The third kappa shape index (κ3) is 3.55. The fourth-order valence-electron chi connectivity index (χ4n) is 6.85. The normalized spacial score (nSPS) is 27.0. The maximum Gasteiger partial charge on any atom is 0.387 e.